The first kappa shape index (κ1) is 14.9. The molecular weight excluding hydrogens is 258 g/mol. The normalized spacial score (nSPS) is 24.0. The smallest absolute Gasteiger partial charge is 0.419 e. The van der Waals surface area contributed by atoms with Gasteiger partial charge in [0, 0.05) is 0 Å². The number of carbonyl (C=O) groups excluding carboxylic acids is 2. The number of ether oxygens (including phenoxy) is 2. The molecule has 0 aromatic rings. The fourth-order valence-corrected chi connectivity index (χ4v) is 2.51. The van der Waals surface area contributed by atoms with E-state index >= 15 is 0 Å². The summed E-state index contributed by atoms with van der Waals surface area (Å²) >= 11 is 0. The number of nitrogens with one attached hydrogen (secondary N) is 1. The lowest BCUT2D eigenvalue weighted by molar-refractivity contribution is -0.144. The maximum atomic E-state index is 11.7. The minimum atomic E-state index is -1.61. The second-order valence-corrected chi connectivity index (χ2v) is 6.44. The van der Waals surface area contributed by atoms with E-state index in [0.29, 0.717) is 13.0 Å². The van der Waals surface area contributed by atoms with E-state index in [-0.39, 0.29) is 17.1 Å². The predicted molar refractivity (Wildman–Crippen MR) is 66.0 cm³/mol. The Hall–Kier alpha value is -1.11. The van der Waals surface area contributed by atoms with Crippen molar-refractivity contribution in [2.75, 3.05) is 6.61 Å². The highest BCUT2D eigenvalue weighted by atomic mass is 32.2. The van der Waals surface area contributed by atoms with Gasteiger partial charge in [-0.05, 0) is 34.1 Å². The molecule has 1 rings (SSSR count). The van der Waals surface area contributed by atoms with E-state index in [0.717, 1.165) is 0 Å². The SMILES string of the molecule is CCOC(=O)[C@@H]1C[C@@H]1[S@@](=O)NC(=O)OC(C)(C)C. The molecule has 0 spiro atoms. The summed E-state index contributed by atoms with van der Waals surface area (Å²) in [4.78, 5) is 22.7. The molecule has 0 aliphatic heterocycles. The van der Waals surface area contributed by atoms with Crippen molar-refractivity contribution in [3.05, 3.63) is 0 Å². The van der Waals surface area contributed by atoms with Gasteiger partial charge < -0.3 is 9.47 Å². The van der Waals surface area contributed by atoms with E-state index in [4.69, 9.17) is 9.47 Å². The van der Waals surface area contributed by atoms with Crippen LogP contribution in [0, 0.1) is 5.92 Å². The summed E-state index contributed by atoms with van der Waals surface area (Å²) in [6, 6.07) is 0. The molecule has 3 atom stereocenters. The van der Waals surface area contributed by atoms with Crippen LogP contribution in [0.3, 0.4) is 0 Å². The molecule has 0 bridgehead atoms. The summed E-state index contributed by atoms with van der Waals surface area (Å²) in [5, 5.41) is -0.364. The lowest BCUT2D eigenvalue weighted by Gasteiger charge is -2.19. The van der Waals surface area contributed by atoms with Gasteiger partial charge in [-0.2, -0.15) is 0 Å². The molecule has 1 saturated carbocycles. The molecule has 1 amide bonds. The van der Waals surface area contributed by atoms with Gasteiger partial charge in [-0.25, -0.2) is 13.7 Å². The Morgan fingerprint density at radius 1 is 1.39 bits per heavy atom. The number of hydrogen-bond acceptors (Lipinski definition) is 5. The Morgan fingerprint density at radius 3 is 2.50 bits per heavy atom. The molecule has 1 aliphatic rings. The van der Waals surface area contributed by atoms with E-state index in [1.54, 1.807) is 27.7 Å². The van der Waals surface area contributed by atoms with Crippen LogP contribution in [0.5, 0.6) is 0 Å². The zero-order valence-corrected chi connectivity index (χ0v) is 11.8. The third-order valence-corrected chi connectivity index (χ3v) is 3.62. The molecule has 7 heteroatoms. The lowest BCUT2D eigenvalue weighted by Crippen LogP contribution is -2.35. The van der Waals surface area contributed by atoms with Crippen LogP contribution >= 0.6 is 0 Å². The molecule has 0 radical (unpaired) electrons. The van der Waals surface area contributed by atoms with E-state index in [2.05, 4.69) is 4.72 Å². The topological polar surface area (TPSA) is 81.7 Å². The van der Waals surface area contributed by atoms with Gasteiger partial charge in [0.2, 0.25) is 0 Å². The summed E-state index contributed by atoms with van der Waals surface area (Å²) in [5.41, 5.74) is -0.640. The van der Waals surface area contributed by atoms with Crippen molar-refractivity contribution >= 4 is 23.0 Å². The third kappa shape index (κ3) is 4.64. The molecule has 0 aromatic heterocycles. The van der Waals surface area contributed by atoms with E-state index in [9.17, 15) is 13.8 Å². The van der Waals surface area contributed by atoms with Crippen LogP contribution in [-0.4, -0.2) is 33.7 Å². The molecule has 104 valence electrons. The number of hydrogen-bond donors (Lipinski definition) is 1. The maximum Gasteiger partial charge on any atom is 0.419 e. The van der Waals surface area contributed by atoms with Crippen LogP contribution in [0.2, 0.25) is 0 Å². The zero-order chi connectivity index (χ0) is 13.9. The fraction of sp³-hybridized carbons (Fsp3) is 0.818. The van der Waals surface area contributed by atoms with Crippen molar-refractivity contribution in [1.29, 1.82) is 0 Å². The van der Waals surface area contributed by atoms with Crippen molar-refractivity contribution in [3.63, 3.8) is 0 Å². The summed E-state index contributed by atoms with van der Waals surface area (Å²) in [6.07, 6.45) is -0.267. The Morgan fingerprint density at radius 2 is 2.00 bits per heavy atom. The summed E-state index contributed by atoms with van der Waals surface area (Å²) in [7, 11) is -1.61. The lowest BCUT2D eigenvalue weighted by atomic mass is 10.2. The fourth-order valence-electron chi connectivity index (χ4n) is 1.36. The highest BCUT2D eigenvalue weighted by Crippen LogP contribution is 2.36. The predicted octanol–water partition coefficient (Wildman–Crippen LogP) is 1.13. The van der Waals surface area contributed by atoms with Gasteiger partial charge in [-0.1, -0.05) is 0 Å². The van der Waals surface area contributed by atoms with Crippen LogP contribution < -0.4 is 4.72 Å². The van der Waals surface area contributed by atoms with Gasteiger partial charge in [0.05, 0.1) is 17.8 Å². The van der Waals surface area contributed by atoms with Crippen molar-refractivity contribution in [2.24, 2.45) is 5.92 Å². The second-order valence-electron chi connectivity index (χ2n) is 5.03. The second kappa shape index (κ2) is 5.69. The van der Waals surface area contributed by atoms with Crippen molar-refractivity contribution < 1.29 is 23.3 Å². The molecule has 1 aliphatic carbocycles. The first-order valence-electron chi connectivity index (χ1n) is 5.81. The average molecular weight is 277 g/mol. The first-order chi connectivity index (χ1) is 8.24. The van der Waals surface area contributed by atoms with Crippen molar-refractivity contribution in [2.45, 2.75) is 45.0 Å². The number of rotatable bonds is 4. The first-order valence-corrected chi connectivity index (χ1v) is 7.02. The third-order valence-electron chi connectivity index (χ3n) is 2.18. The monoisotopic (exact) mass is 277 g/mol. The molecule has 1 fully saturated rings. The van der Waals surface area contributed by atoms with E-state index in [1.807, 2.05) is 0 Å². The summed E-state index contributed by atoms with van der Waals surface area (Å²) in [5.74, 6) is -0.734. The quantitative estimate of drug-likeness (QED) is 0.779. The van der Waals surface area contributed by atoms with Gasteiger partial charge in [-0.3, -0.25) is 4.79 Å². The number of amides is 1. The Bertz CT molecular complexity index is 363. The Balaban J connectivity index is 2.36. The summed E-state index contributed by atoms with van der Waals surface area (Å²) in [6.45, 7) is 7.16. The molecule has 0 aromatic carbocycles. The van der Waals surface area contributed by atoms with Gasteiger partial charge in [0.25, 0.3) is 0 Å². The maximum absolute atomic E-state index is 11.7. The zero-order valence-electron chi connectivity index (χ0n) is 11.0. The molecule has 18 heavy (non-hydrogen) atoms. The standard InChI is InChI=1S/C11H19NO5S/c1-5-16-9(13)7-6-8(7)18(15)12-10(14)17-11(2,3)4/h7-8H,5-6H2,1-4H3,(H,12,14)/t7-,8+,18-/m1/s1. The van der Waals surface area contributed by atoms with Gasteiger partial charge in [0.1, 0.15) is 16.6 Å². The highest BCUT2D eigenvalue weighted by Gasteiger charge is 2.49. The average Bonchev–Trinajstić information content (AvgIpc) is 2.93. The molecule has 0 heterocycles. The minimum absolute atomic E-state index is 0.300. The highest BCUT2D eigenvalue weighted by molar-refractivity contribution is 7.84. The van der Waals surface area contributed by atoms with Crippen LogP contribution in [0.15, 0.2) is 0 Å². The van der Waals surface area contributed by atoms with Crippen LogP contribution in [0.1, 0.15) is 34.1 Å². The van der Waals surface area contributed by atoms with Crippen molar-refractivity contribution in [1.82, 2.24) is 4.72 Å². The molecular formula is C11H19NO5S. The summed E-state index contributed by atoms with van der Waals surface area (Å²) < 4.78 is 23.7. The Kier molecular flexibility index (Phi) is 4.72. The molecule has 0 unspecified atom stereocenters. The van der Waals surface area contributed by atoms with E-state index < -0.39 is 22.7 Å². The molecule has 1 N–H and O–H groups in total. The van der Waals surface area contributed by atoms with Crippen LogP contribution in [0.25, 0.3) is 0 Å². The van der Waals surface area contributed by atoms with Gasteiger partial charge in [0.15, 0.2) is 0 Å². The molecule has 0 saturated heterocycles. The molecule has 6 nitrogen and oxygen atoms in total. The largest absolute Gasteiger partial charge is 0.466 e. The van der Waals surface area contributed by atoms with Gasteiger partial charge in [-0.15, -0.1) is 0 Å². The van der Waals surface area contributed by atoms with Crippen molar-refractivity contribution in [3.8, 4) is 0 Å². The Labute approximate surface area is 109 Å². The van der Waals surface area contributed by atoms with Crippen LogP contribution in [-0.2, 0) is 25.3 Å². The number of esters is 1. The van der Waals surface area contributed by atoms with E-state index in [1.165, 1.54) is 0 Å². The number of carbonyl (C=O) groups is 2. The minimum Gasteiger partial charge on any atom is -0.466 e. The van der Waals surface area contributed by atoms with Gasteiger partial charge >= 0.3 is 12.1 Å². The van der Waals surface area contributed by atoms with Crippen LogP contribution in [0.4, 0.5) is 4.79 Å².